The number of aryl methyl sites for hydroxylation is 4. The van der Waals surface area contributed by atoms with Crippen molar-refractivity contribution in [3.8, 4) is 0 Å². The normalized spacial score (nSPS) is 13.9. The summed E-state index contributed by atoms with van der Waals surface area (Å²) in [6.45, 7) is 9.70. The lowest BCUT2D eigenvalue weighted by Gasteiger charge is -2.36. The topological polar surface area (TPSA) is 122 Å². The fourth-order valence-electron chi connectivity index (χ4n) is 6.01. The number of aromatic carboxylic acids is 1. The Bertz CT molecular complexity index is 1790. The molecule has 0 atom stereocenters. The molecule has 0 spiro atoms. The molecule has 1 aliphatic heterocycles. The molecule has 3 heterocycles. The Morgan fingerprint density at radius 1 is 0.955 bits per heavy atom. The predicted molar refractivity (Wildman–Crippen MR) is 173 cm³/mol. The van der Waals surface area contributed by atoms with Crippen LogP contribution in [0.5, 0.6) is 0 Å². The zero-order valence-corrected chi connectivity index (χ0v) is 25.6. The number of carbonyl (C=O) groups is 1. The SMILES string of the molecule is CCc1cc(Nc2ccc(CCCCN3CCN(c4cc5[nH]c(CC)c(C(=O)O)c(=O)c5cc4F)CC3)c(=O)[nH]2)ccc1C. The van der Waals surface area contributed by atoms with Crippen molar-refractivity contribution in [1.82, 2.24) is 14.9 Å². The number of carboxylic acid groups (broad SMARTS) is 1. The molecule has 9 nitrogen and oxygen atoms in total. The number of unbranched alkanes of at least 4 members (excludes halogenated alkanes) is 1. The second kappa shape index (κ2) is 13.5. The summed E-state index contributed by atoms with van der Waals surface area (Å²) in [6.07, 6.45) is 3.84. The van der Waals surface area contributed by atoms with E-state index in [0.717, 1.165) is 56.2 Å². The zero-order chi connectivity index (χ0) is 31.4. The molecule has 0 unspecified atom stereocenters. The molecule has 232 valence electrons. The Morgan fingerprint density at radius 3 is 2.41 bits per heavy atom. The van der Waals surface area contributed by atoms with Gasteiger partial charge < -0.3 is 25.3 Å². The van der Waals surface area contributed by atoms with Crippen LogP contribution in [-0.4, -0.2) is 58.7 Å². The third-order valence-corrected chi connectivity index (χ3v) is 8.60. The van der Waals surface area contributed by atoms with Crippen LogP contribution in [0.15, 0.2) is 52.1 Å². The van der Waals surface area contributed by atoms with Gasteiger partial charge in [-0.05, 0) is 93.1 Å². The van der Waals surface area contributed by atoms with Crippen LogP contribution < -0.4 is 21.2 Å². The number of hydrogen-bond donors (Lipinski definition) is 4. The largest absolute Gasteiger partial charge is 0.477 e. The van der Waals surface area contributed by atoms with E-state index in [1.165, 1.54) is 11.1 Å². The van der Waals surface area contributed by atoms with E-state index in [4.69, 9.17) is 0 Å². The Labute approximate surface area is 255 Å². The molecule has 1 fully saturated rings. The first kappa shape index (κ1) is 31.0. The number of halogens is 1. The number of anilines is 3. The minimum Gasteiger partial charge on any atom is -0.477 e. The number of aromatic nitrogens is 2. The Morgan fingerprint density at radius 2 is 1.73 bits per heavy atom. The molecule has 1 saturated heterocycles. The van der Waals surface area contributed by atoms with Crippen molar-refractivity contribution in [3.05, 3.63) is 96.8 Å². The van der Waals surface area contributed by atoms with E-state index >= 15 is 4.39 Å². The van der Waals surface area contributed by atoms with Crippen LogP contribution in [0, 0.1) is 12.7 Å². The Kier molecular flexibility index (Phi) is 9.49. The number of fused-ring (bicyclic) bond motifs is 1. The van der Waals surface area contributed by atoms with Gasteiger partial charge in [0.1, 0.15) is 17.2 Å². The molecular weight excluding hydrogens is 561 g/mol. The molecule has 0 radical (unpaired) electrons. The second-order valence-electron chi connectivity index (χ2n) is 11.4. The lowest BCUT2D eigenvalue weighted by Crippen LogP contribution is -2.47. The summed E-state index contributed by atoms with van der Waals surface area (Å²) in [5, 5.41) is 12.8. The highest BCUT2D eigenvalue weighted by Gasteiger charge is 2.23. The number of benzene rings is 2. The first-order valence-electron chi connectivity index (χ1n) is 15.4. The Balaban J connectivity index is 1.12. The quantitative estimate of drug-likeness (QED) is 0.171. The first-order chi connectivity index (χ1) is 21.2. The molecule has 0 amide bonds. The summed E-state index contributed by atoms with van der Waals surface area (Å²) >= 11 is 0. The van der Waals surface area contributed by atoms with Gasteiger partial charge in [0.05, 0.1) is 11.2 Å². The number of rotatable bonds is 11. The highest BCUT2D eigenvalue weighted by atomic mass is 19.1. The van der Waals surface area contributed by atoms with Gasteiger partial charge in [0.25, 0.3) is 5.56 Å². The average Bonchev–Trinajstić information content (AvgIpc) is 3.01. The third-order valence-electron chi connectivity index (χ3n) is 8.60. The van der Waals surface area contributed by atoms with Crippen molar-refractivity contribution in [2.75, 3.05) is 42.9 Å². The van der Waals surface area contributed by atoms with Crippen molar-refractivity contribution >= 4 is 34.1 Å². The molecule has 2 aromatic carbocycles. The van der Waals surface area contributed by atoms with Crippen LogP contribution >= 0.6 is 0 Å². The van der Waals surface area contributed by atoms with Gasteiger partial charge in [0.15, 0.2) is 0 Å². The maximum atomic E-state index is 15.1. The summed E-state index contributed by atoms with van der Waals surface area (Å²) in [6, 6.07) is 12.8. The van der Waals surface area contributed by atoms with Crippen molar-refractivity contribution in [2.24, 2.45) is 0 Å². The molecule has 1 aliphatic rings. The molecule has 10 heteroatoms. The van der Waals surface area contributed by atoms with Crippen LogP contribution in [-0.2, 0) is 19.3 Å². The van der Waals surface area contributed by atoms with Crippen molar-refractivity contribution in [2.45, 2.75) is 52.9 Å². The summed E-state index contributed by atoms with van der Waals surface area (Å²) in [5.74, 6) is -1.17. The standard InChI is InChI=1S/C34H40FN5O4/c1-4-22-18-24(11-9-21(22)3)36-30-12-10-23(33(42)38-30)8-6-7-13-39-14-16-40(17-15-39)29-20-28-25(19-26(29)35)32(41)31(34(43)44)27(5-2)37-28/h9-12,18-20H,4-8,13-17H2,1-3H3,(H,37,41)(H,43,44)(H2,36,38,42). The Hall–Kier alpha value is -4.44. The van der Waals surface area contributed by atoms with Gasteiger partial charge in [0.2, 0.25) is 5.43 Å². The fraction of sp³-hybridized carbons (Fsp3) is 0.382. The molecule has 0 saturated carbocycles. The van der Waals surface area contributed by atoms with Gasteiger partial charge >= 0.3 is 5.97 Å². The lowest BCUT2D eigenvalue weighted by atomic mass is 10.1. The zero-order valence-electron chi connectivity index (χ0n) is 25.6. The highest BCUT2D eigenvalue weighted by Crippen LogP contribution is 2.26. The van der Waals surface area contributed by atoms with Gasteiger partial charge in [-0.25, -0.2) is 9.18 Å². The van der Waals surface area contributed by atoms with Crippen molar-refractivity contribution < 1.29 is 14.3 Å². The van der Waals surface area contributed by atoms with E-state index in [-0.39, 0.29) is 16.5 Å². The number of H-pyrrole nitrogens is 2. The van der Waals surface area contributed by atoms with E-state index in [9.17, 15) is 19.5 Å². The number of nitrogens with one attached hydrogen (secondary N) is 3. The van der Waals surface area contributed by atoms with Crippen LogP contribution in [0.3, 0.4) is 0 Å². The van der Waals surface area contributed by atoms with Gasteiger partial charge in [-0.15, -0.1) is 0 Å². The van der Waals surface area contributed by atoms with Crippen molar-refractivity contribution in [3.63, 3.8) is 0 Å². The molecule has 5 rings (SSSR count). The predicted octanol–water partition coefficient (Wildman–Crippen LogP) is 5.38. The minimum atomic E-state index is -1.31. The van der Waals surface area contributed by atoms with E-state index < -0.39 is 17.2 Å². The summed E-state index contributed by atoms with van der Waals surface area (Å²) in [7, 11) is 0. The number of nitrogens with zero attached hydrogens (tertiary/aromatic N) is 2. The average molecular weight is 602 g/mol. The molecular formula is C34H40FN5O4. The number of aromatic amines is 2. The fourth-order valence-corrected chi connectivity index (χ4v) is 6.01. The van der Waals surface area contributed by atoms with Crippen LogP contribution in [0.1, 0.15) is 59.4 Å². The van der Waals surface area contributed by atoms with E-state index in [1.807, 2.05) is 23.1 Å². The van der Waals surface area contributed by atoms with Crippen LogP contribution in [0.25, 0.3) is 10.9 Å². The van der Waals surface area contributed by atoms with Gasteiger partial charge in [0, 0.05) is 48.5 Å². The maximum absolute atomic E-state index is 15.1. The highest BCUT2D eigenvalue weighted by molar-refractivity contribution is 5.94. The lowest BCUT2D eigenvalue weighted by molar-refractivity contribution is 0.0694. The second-order valence-corrected chi connectivity index (χ2v) is 11.4. The van der Waals surface area contributed by atoms with Crippen molar-refractivity contribution in [1.29, 1.82) is 0 Å². The van der Waals surface area contributed by atoms with Gasteiger partial charge in [-0.3, -0.25) is 14.5 Å². The minimum absolute atomic E-state index is 0.0426. The van der Waals surface area contributed by atoms with Gasteiger partial charge in [-0.2, -0.15) is 0 Å². The molecule has 0 bridgehead atoms. The number of pyridine rings is 2. The van der Waals surface area contributed by atoms with Crippen LogP contribution in [0.4, 0.5) is 21.6 Å². The molecule has 4 aromatic rings. The molecule has 44 heavy (non-hydrogen) atoms. The summed E-state index contributed by atoms with van der Waals surface area (Å²) in [4.78, 5) is 47.4. The first-order valence-corrected chi connectivity index (χ1v) is 15.4. The maximum Gasteiger partial charge on any atom is 0.341 e. The number of hydrogen-bond acceptors (Lipinski definition) is 6. The summed E-state index contributed by atoms with van der Waals surface area (Å²) in [5.41, 5.74) is 4.36. The van der Waals surface area contributed by atoms with Gasteiger partial charge in [-0.1, -0.05) is 19.9 Å². The monoisotopic (exact) mass is 601 g/mol. The number of carboxylic acids is 1. The van der Waals surface area contributed by atoms with E-state index in [2.05, 4.69) is 46.2 Å². The van der Waals surface area contributed by atoms with E-state index in [0.29, 0.717) is 48.6 Å². The van der Waals surface area contributed by atoms with Crippen LogP contribution in [0.2, 0.25) is 0 Å². The molecule has 2 aromatic heterocycles. The molecule has 4 N–H and O–H groups in total. The number of piperazine rings is 1. The smallest absolute Gasteiger partial charge is 0.341 e. The van der Waals surface area contributed by atoms with E-state index in [1.54, 1.807) is 13.0 Å². The third kappa shape index (κ3) is 6.70. The molecule has 0 aliphatic carbocycles. The summed E-state index contributed by atoms with van der Waals surface area (Å²) < 4.78 is 15.1.